The predicted octanol–water partition coefficient (Wildman–Crippen LogP) is 4.60. The van der Waals surface area contributed by atoms with Crippen molar-refractivity contribution in [3.8, 4) is 11.1 Å². The highest BCUT2D eigenvalue weighted by Gasteiger charge is 2.17. The lowest BCUT2D eigenvalue weighted by atomic mass is 10.1. The van der Waals surface area contributed by atoms with E-state index < -0.39 is 10.1 Å². The van der Waals surface area contributed by atoms with E-state index in [1.165, 1.54) is 12.1 Å². The van der Waals surface area contributed by atoms with Crippen LogP contribution in [0.2, 0.25) is 0 Å². The van der Waals surface area contributed by atoms with E-state index in [1.54, 1.807) is 54.6 Å². The molecule has 3 rings (SSSR count). The number of hydrogen-bond donors (Lipinski definition) is 2. The van der Waals surface area contributed by atoms with Crippen LogP contribution in [0, 0.1) is 0 Å². The molecule has 3 aromatic rings. The molecule has 0 radical (unpaired) electrons. The summed E-state index contributed by atoms with van der Waals surface area (Å²) in [6, 6.07) is 20.4. The van der Waals surface area contributed by atoms with Gasteiger partial charge in [0, 0.05) is 5.69 Å². The first kappa shape index (κ1) is 16.8. The topological polar surface area (TPSA) is 105 Å². The van der Waals surface area contributed by atoms with Crippen LogP contribution >= 0.6 is 0 Å². The van der Waals surface area contributed by atoms with E-state index in [9.17, 15) is 13.0 Å². The van der Waals surface area contributed by atoms with Crippen LogP contribution in [-0.2, 0) is 10.1 Å². The van der Waals surface area contributed by atoms with E-state index in [0.717, 1.165) is 5.56 Å². The van der Waals surface area contributed by atoms with Crippen LogP contribution < -0.4 is 5.73 Å². The molecule has 0 amide bonds. The Balaban J connectivity index is 2.04. The quantitative estimate of drug-likeness (QED) is 0.406. The molecule has 0 unspecified atom stereocenters. The first-order valence-corrected chi connectivity index (χ1v) is 8.82. The van der Waals surface area contributed by atoms with Crippen LogP contribution in [0.25, 0.3) is 11.1 Å². The Hall–Kier alpha value is -3.03. The highest BCUT2D eigenvalue weighted by molar-refractivity contribution is 7.86. The van der Waals surface area contributed by atoms with Crippen molar-refractivity contribution in [1.29, 1.82) is 0 Å². The van der Waals surface area contributed by atoms with Crippen molar-refractivity contribution < 1.29 is 13.0 Å². The molecular weight excluding hydrogens is 338 g/mol. The van der Waals surface area contributed by atoms with Crippen molar-refractivity contribution in [1.82, 2.24) is 0 Å². The van der Waals surface area contributed by atoms with Crippen LogP contribution in [0.5, 0.6) is 0 Å². The van der Waals surface area contributed by atoms with Crippen LogP contribution in [0.1, 0.15) is 0 Å². The molecule has 0 saturated heterocycles. The molecule has 3 N–H and O–H groups in total. The number of nitrogens with zero attached hydrogens (tertiary/aromatic N) is 2. The fourth-order valence-corrected chi connectivity index (χ4v) is 2.91. The maximum Gasteiger partial charge on any atom is 0.296 e. The molecule has 0 aliphatic heterocycles. The van der Waals surface area contributed by atoms with Gasteiger partial charge in [-0.05, 0) is 47.5 Å². The first-order valence-electron chi connectivity index (χ1n) is 7.38. The Kier molecular flexibility index (Phi) is 4.60. The fraction of sp³-hybridized carbons (Fsp3) is 0. The van der Waals surface area contributed by atoms with E-state index in [0.29, 0.717) is 16.9 Å². The monoisotopic (exact) mass is 353 g/mol. The number of azo groups is 1. The summed E-state index contributed by atoms with van der Waals surface area (Å²) in [6.45, 7) is 0. The normalized spacial score (nSPS) is 11.7. The second-order valence-corrected chi connectivity index (χ2v) is 6.71. The summed E-state index contributed by atoms with van der Waals surface area (Å²) in [6.07, 6.45) is 0. The minimum Gasteiger partial charge on any atom is -0.399 e. The summed E-state index contributed by atoms with van der Waals surface area (Å²) in [5.41, 5.74) is 8.29. The second kappa shape index (κ2) is 6.84. The molecule has 25 heavy (non-hydrogen) atoms. The van der Waals surface area contributed by atoms with Crippen LogP contribution in [-0.4, -0.2) is 13.0 Å². The van der Waals surface area contributed by atoms with Crippen molar-refractivity contribution in [2.45, 2.75) is 4.90 Å². The van der Waals surface area contributed by atoms with Gasteiger partial charge in [-0.2, -0.15) is 13.5 Å². The molecule has 0 atom stereocenters. The molecule has 7 heteroatoms. The number of nitrogens with two attached hydrogens (primary N) is 1. The number of nitrogen functional groups attached to an aromatic ring is 1. The lowest BCUT2D eigenvalue weighted by molar-refractivity contribution is 0.483. The Morgan fingerprint density at radius 3 is 2.08 bits per heavy atom. The van der Waals surface area contributed by atoms with Gasteiger partial charge >= 0.3 is 0 Å². The molecule has 0 bridgehead atoms. The average Bonchev–Trinajstić information content (AvgIpc) is 2.61. The summed E-state index contributed by atoms with van der Waals surface area (Å²) in [7, 11) is -4.45. The first-order chi connectivity index (χ1) is 11.9. The van der Waals surface area contributed by atoms with Gasteiger partial charge in [-0.25, -0.2) is 0 Å². The summed E-state index contributed by atoms with van der Waals surface area (Å²) in [4.78, 5) is -0.304. The molecule has 0 aromatic heterocycles. The van der Waals surface area contributed by atoms with E-state index in [1.807, 2.05) is 6.07 Å². The smallest absolute Gasteiger partial charge is 0.296 e. The van der Waals surface area contributed by atoms with E-state index in [-0.39, 0.29) is 10.6 Å². The Bertz CT molecular complexity index is 1020. The molecule has 126 valence electrons. The van der Waals surface area contributed by atoms with Crippen LogP contribution in [0.15, 0.2) is 87.9 Å². The highest BCUT2D eigenvalue weighted by atomic mass is 32.2. The predicted molar refractivity (Wildman–Crippen MR) is 96.7 cm³/mol. The fourth-order valence-electron chi connectivity index (χ4n) is 2.26. The van der Waals surface area contributed by atoms with Crippen molar-refractivity contribution in [2.75, 3.05) is 5.73 Å². The number of rotatable bonds is 4. The van der Waals surface area contributed by atoms with Gasteiger partial charge in [0.15, 0.2) is 0 Å². The Morgan fingerprint density at radius 2 is 1.44 bits per heavy atom. The van der Waals surface area contributed by atoms with Gasteiger partial charge in [0.05, 0.1) is 5.69 Å². The third-order valence-corrected chi connectivity index (χ3v) is 4.39. The third kappa shape index (κ3) is 4.09. The summed E-state index contributed by atoms with van der Waals surface area (Å²) < 4.78 is 33.0. The number of benzene rings is 3. The van der Waals surface area contributed by atoms with Crippen LogP contribution in [0.4, 0.5) is 17.1 Å². The molecule has 6 nitrogen and oxygen atoms in total. The minimum atomic E-state index is -4.45. The lowest BCUT2D eigenvalue weighted by Gasteiger charge is -2.07. The zero-order valence-corrected chi connectivity index (χ0v) is 13.9. The molecule has 0 fully saturated rings. The van der Waals surface area contributed by atoms with Gasteiger partial charge in [-0.15, -0.1) is 5.11 Å². The van der Waals surface area contributed by atoms with Gasteiger partial charge in [-0.1, -0.05) is 36.4 Å². The highest BCUT2D eigenvalue weighted by Crippen LogP contribution is 2.31. The minimum absolute atomic E-state index is 0.0607. The second-order valence-electron chi connectivity index (χ2n) is 5.32. The summed E-state index contributed by atoms with van der Waals surface area (Å²) >= 11 is 0. The van der Waals surface area contributed by atoms with Crippen molar-refractivity contribution in [2.24, 2.45) is 10.2 Å². The molecule has 0 heterocycles. The SMILES string of the molecule is Nc1ccc(-c2ccc(N=Nc3ccccc3)c(S(=O)(=O)O)c2)cc1. The zero-order valence-electron chi connectivity index (χ0n) is 13.1. The van der Waals surface area contributed by atoms with Crippen molar-refractivity contribution in [3.05, 3.63) is 72.8 Å². The zero-order chi connectivity index (χ0) is 17.9. The Morgan fingerprint density at radius 1 is 0.800 bits per heavy atom. The maximum atomic E-state index is 11.7. The largest absolute Gasteiger partial charge is 0.399 e. The summed E-state index contributed by atoms with van der Waals surface area (Å²) in [5, 5.41) is 7.96. The standard InChI is InChI=1S/C18H15N3O3S/c19-15-9-6-13(7-10-15)14-8-11-17(18(12-14)25(22,23)24)21-20-16-4-2-1-3-5-16/h1-12H,19H2,(H,22,23,24). The van der Waals surface area contributed by atoms with E-state index >= 15 is 0 Å². The molecule has 0 aliphatic carbocycles. The van der Waals surface area contributed by atoms with Crippen LogP contribution in [0.3, 0.4) is 0 Å². The molecule has 0 aliphatic rings. The maximum absolute atomic E-state index is 11.7. The molecular formula is C18H15N3O3S. The molecule has 3 aromatic carbocycles. The van der Waals surface area contributed by atoms with Crippen molar-refractivity contribution in [3.63, 3.8) is 0 Å². The van der Waals surface area contributed by atoms with Gasteiger partial charge in [0.2, 0.25) is 0 Å². The molecule has 0 saturated carbocycles. The lowest BCUT2D eigenvalue weighted by Crippen LogP contribution is -1.99. The van der Waals surface area contributed by atoms with Gasteiger partial charge in [0.25, 0.3) is 10.1 Å². The van der Waals surface area contributed by atoms with Gasteiger partial charge < -0.3 is 5.73 Å². The van der Waals surface area contributed by atoms with Gasteiger partial charge in [-0.3, -0.25) is 4.55 Å². The van der Waals surface area contributed by atoms with Gasteiger partial charge in [0.1, 0.15) is 10.6 Å². The third-order valence-electron chi connectivity index (χ3n) is 3.51. The van der Waals surface area contributed by atoms with E-state index in [2.05, 4.69) is 10.2 Å². The molecule has 0 spiro atoms. The number of hydrogen-bond acceptors (Lipinski definition) is 5. The van der Waals surface area contributed by atoms with Crippen molar-refractivity contribution >= 4 is 27.2 Å². The number of anilines is 1. The average molecular weight is 353 g/mol. The summed E-state index contributed by atoms with van der Waals surface area (Å²) in [5.74, 6) is 0. The Labute approximate surface area is 145 Å². The van der Waals surface area contributed by atoms with E-state index in [4.69, 9.17) is 5.73 Å².